The summed E-state index contributed by atoms with van der Waals surface area (Å²) in [6.07, 6.45) is 2.65. The molecule has 1 N–H and O–H groups in total. The molecule has 1 aliphatic carbocycles. The number of aromatic carboxylic acids is 1. The second-order valence-electron chi connectivity index (χ2n) is 5.12. The molecule has 0 unspecified atom stereocenters. The number of aromatic nitrogens is 1. The van der Waals surface area contributed by atoms with Gasteiger partial charge in [0.1, 0.15) is 17.1 Å². The van der Waals surface area contributed by atoms with Crippen molar-refractivity contribution in [2.75, 3.05) is 0 Å². The van der Waals surface area contributed by atoms with Gasteiger partial charge in [-0.3, -0.25) is 0 Å². The van der Waals surface area contributed by atoms with Crippen molar-refractivity contribution >= 4 is 5.97 Å². The third kappa shape index (κ3) is 2.59. The van der Waals surface area contributed by atoms with Crippen LogP contribution in [0.15, 0.2) is 24.3 Å². The zero-order valence-corrected chi connectivity index (χ0v) is 11.5. The van der Waals surface area contributed by atoms with Crippen molar-refractivity contribution in [1.29, 1.82) is 0 Å². The number of halogens is 1. The van der Waals surface area contributed by atoms with E-state index in [0.717, 1.165) is 30.5 Å². The Kier molecular flexibility index (Phi) is 3.33. The number of benzene rings is 1. The van der Waals surface area contributed by atoms with E-state index in [1.165, 1.54) is 18.2 Å². The summed E-state index contributed by atoms with van der Waals surface area (Å²) in [5.41, 5.74) is 2.48. The molecule has 0 bridgehead atoms. The van der Waals surface area contributed by atoms with Gasteiger partial charge < -0.3 is 9.84 Å². The Hall–Kier alpha value is -2.43. The lowest BCUT2D eigenvalue weighted by atomic mass is 10.1. The number of carboxylic acid groups (broad SMARTS) is 1. The second kappa shape index (κ2) is 5.16. The fourth-order valence-electron chi connectivity index (χ4n) is 2.52. The summed E-state index contributed by atoms with van der Waals surface area (Å²) < 4.78 is 18.7. The van der Waals surface area contributed by atoms with Crippen molar-refractivity contribution in [1.82, 2.24) is 4.98 Å². The molecular weight excluding hydrogens is 273 g/mol. The highest BCUT2D eigenvalue weighted by Crippen LogP contribution is 2.31. The van der Waals surface area contributed by atoms with Crippen LogP contribution in [0.25, 0.3) is 0 Å². The lowest BCUT2D eigenvalue weighted by Crippen LogP contribution is -2.05. The van der Waals surface area contributed by atoms with Gasteiger partial charge in [-0.05, 0) is 61.6 Å². The average molecular weight is 287 g/mol. The second-order valence-corrected chi connectivity index (χ2v) is 5.12. The zero-order valence-electron chi connectivity index (χ0n) is 11.5. The summed E-state index contributed by atoms with van der Waals surface area (Å²) in [6.45, 7) is 1.70. The minimum absolute atomic E-state index is 0.0411. The molecule has 1 aromatic carbocycles. The molecule has 0 spiro atoms. The predicted octanol–water partition coefficient (Wildman–Crippen LogP) is 3.51. The summed E-state index contributed by atoms with van der Waals surface area (Å²) in [5, 5.41) is 9.31. The minimum atomic E-state index is -1.08. The summed E-state index contributed by atoms with van der Waals surface area (Å²) in [6, 6.07) is 5.72. The molecule has 21 heavy (non-hydrogen) atoms. The molecular formula is C16H14FNO3. The van der Waals surface area contributed by atoms with E-state index in [9.17, 15) is 14.3 Å². The number of nitrogens with zero attached hydrogens (tertiary/aromatic N) is 1. The fourth-order valence-corrected chi connectivity index (χ4v) is 2.52. The van der Waals surface area contributed by atoms with E-state index < -0.39 is 5.97 Å². The van der Waals surface area contributed by atoms with Crippen molar-refractivity contribution in [3.63, 3.8) is 0 Å². The highest BCUT2D eigenvalue weighted by Gasteiger charge is 2.21. The van der Waals surface area contributed by atoms with Crippen LogP contribution in [-0.2, 0) is 12.8 Å². The van der Waals surface area contributed by atoms with E-state index in [4.69, 9.17) is 4.74 Å². The van der Waals surface area contributed by atoms with Crippen molar-refractivity contribution < 1.29 is 19.0 Å². The van der Waals surface area contributed by atoms with Gasteiger partial charge in [-0.15, -0.1) is 0 Å². The molecule has 0 amide bonds. The van der Waals surface area contributed by atoms with Gasteiger partial charge in [0.05, 0.1) is 0 Å². The Morgan fingerprint density at radius 1 is 1.33 bits per heavy atom. The molecule has 108 valence electrons. The highest BCUT2D eigenvalue weighted by atomic mass is 19.1. The van der Waals surface area contributed by atoms with Gasteiger partial charge in [0.2, 0.25) is 5.88 Å². The van der Waals surface area contributed by atoms with E-state index in [2.05, 4.69) is 4.98 Å². The lowest BCUT2D eigenvalue weighted by Gasteiger charge is -2.12. The van der Waals surface area contributed by atoms with E-state index >= 15 is 0 Å². The van der Waals surface area contributed by atoms with Crippen LogP contribution in [0.1, 0.15) is 33.6 Å². The molecule has 0 aliphatic heterocycles. The first kappa shape index (κ1) is 13.5. The highest BCUT2D eigenvalue weighted by molar-refractivity contribution is 5.90. The molecule has 0 saturated heterocycles. The maximum atomic E-state index is 13.1. The molecule has 5 heteroatoms. The van der Waals surface area contributed by atoms with Crippen LogP contribution in [0.5, 0.6) is 11.6 Å². The first-order chi connectivity index (χ1) is 10.0. The summed E-state index contributed by atoms with van der Waals surface area (Å²) in [5.74, 6) is -0.964. The number of fused-ring (bicyclic) bond motifs is 1. The van der Waals surface area contributed by atoms with Crippen LogP contribution < -0.4 is 4.74 Å². The maximum Gasteiger partial charge on any atom is 0.341 e. The van der Waals surface area contributed by atoms with Gasteiger partial charge >= 0.3 is 5.97 Å². The van der Waals surface area contributed by atoms with Gasteiger partial charge in [0, 0.05) is 5.69 Å². The monoisotopic (exact) mass is 287 g/mol. The quantitative estimate of drug-likeness (QED) is 0.938. The van der Waals surface area contributed by atoms with E-state index in [1.807, 2.05) is 0 Å². The van der Waals surface area contributed by atoms with Crippen molar-refractivity contribution in [2.24, 2.45) is 0 Å². The standard InChI is InChI=1S/C16H14FNO3/c1-9-7-11(17)5-6-14(9)21-15-12(16(19)20)8-10-3-2-4-13(10)18-15/h5-8H,2-4H2,1H3,(H,19,20). The molecule has 2 aromatic rings. The summed E-state index contributed by atoms with van der Waals surface area (Å²) in [4.78, 5) is 15.7. The molecule has 1 aromatic heterocycles. The SMILES string of the molecule is Cc1cc(F)ccc1Oc1nc2c(cc1C(=O)O)CCC2. The Balaban J connectivity index is 2.03. The summed E-state index contributed by atoms with van der Waals surface area (Å²) in [7, 11) is 0. The third-order valence-electron chi connectivity index (χ3n) is 3.59. The van der Waals surface area contributed by atoms with Crippen LogP contribution in [0.3, 0.4) is 0 Å². The maximum absolute atomic E-state index is 13.1. The average Bonchev–Trinajstić information content (AvgIpc) is 2.88. The number of ether oxygens (including phenoxy) is 1. The Morgan fingerprint density at radius 2 is 2.14 bits per heavy atom. The first-order valence-corrected chi connectivity index (χ1v) is 6.74. The van der Waals surface area contributed by atoms with Gasteiger partial charge in [0.25, 0.3) is 0 Å². The molecule has 0 fully saturated rings. The van der Waals surface area contributed by atoms with Gasteiger partial charge in [-0.2, -0.15) is 0 Å². The fraction of sp³-hybridized carbons (Fsp3) is 0.250. The molecule has 1 aliphatic rings. The number of pyridine rings is 1. The van der Waals surface area contributed by atoms with Crippen LogP contribution in [0, 0.1) is 12.7 Å². The molecule has 0 atom stereocenters. The number of aryl methyl sites for hydroxylation is 3. The van der Waals surface area contributed by atoms with Crippen molar-refractivity contribution in [2.45, 2.75) is 26.2 Å². The number of carboxylic acids is 1. The van der Waals surface area contributed by atoms with Crippen molar-refractivity contribution in [3.8, 4) is 11.6 Å². The van der Waals surface area contributed by atoms with E-state index in [-0.39, 0.29) is 17.3 Å². The largest absolute Gasteiger partial charge is 0.477 e. The van der Waals surface area contributed by atoms with E-state index in [0.29, 0.717) is 11.3 Å². The minimum Gasteiger partial charge on any atom is -0.477 e. The first-order valence-electron chi connectivity index (χ1n) is 6.74. The number of hydrogen-bond acceptors (Lipinski definition) is 3. The van der Waals surface area contributed by atoms with Crippen molar-refractivity contribution in [3.05, 3.63) is 52.5 Å². The molecule has 3 rings (SSSR count). The normalized spacial score (nSPS) is 13.0. The van der Waals surface area contributed by atoms with Crippen LogP contribution in [0.2, 0.25) is 0 Å². The Labute approximate surface area is 121 Å². The van der Waals surface area contributed by atoms with Crippen LogP contribution in [-0.4, -0.2) is 16.1 Å². The molecule has 1 heterocycles. The van der Waals surface area contributed by atoms with Crippen LogP contribution >= 0.6 is 0 Å². The number of carbonyl (C=O) groups is 1. The zero-order chi connectivity index (χ0) is 15.0. The summed E-state index contributed by atoms with van der Waals surface area (Å²) >= 11 is 0. The smallest absolute Gasteiger partial charge is 0.341 e. The predicted molar refractivity (Wildman–Crippen MR) is 74.4 cm³/mol. The Morgan fingerprint density at radius 3 is 2.86 bits per heavy atom. The van der Waals surface area contributed by atoms with E-state index in [1.54, 1.807) is 13.0 Å². The number of rotatable bonds is 3. The van der Waals surface area contributed by atoms with Gasteiger partial charge in [-0.1, -0.05) is 0 Å². The third-order valence-corrected chi connectivity index (χ3v) is 3.59. The number of hydrogen-bond donors (Lipinski definition) is 1. The van der Waals surface area contributed by atoms with Gasteiger partial charge in [0.15, 0.2) is 0 Å². The van der Waals surface area contributed by atoms with Crippen LogP contribution in [0.4, 0.5) is 4.39 Å². The van der Waals surface area contributed by atoms with Gasteiger partial charge in [-0.25, -0.2) is 14.2 Å². The Bertz CT molecular complexity index is 728. The molecule has 0 saturated carbocycles. The lowest BCUT2D eigenvalue weighted by molar-refractivity contribution is 0.0693. The topological polar surface area (TPSA) is 59.4 Å². The molecule has 0 radical (unpaired) electrons. The molecule has 4 nitrogen and oxygen atoms in total.